The van der Waals surface area contributed by atoms with E-state index < -0.39 is 17.4 Å². The first-order valence-corrected chi connectivity index (χ1v) is 4.61. The monoisotopic (exact) mass is 199 g/mol. The van der Waals surface area contributed by atoms with Crippen molar-refractivity contribution in [3.8, 4) is 0 Å². The molecule has 1 rings (SSSR count). The molecule has 0 heterocycles. The molecular formula is C10H17NO3. The summed E-state index contributed by atoms with van der Waals surface area (Å²) in [5.74, 6) is -2.68. The van der Waals surface area contributed by atoms with E-state index in [-0.39, 0.29) is 0 Å². The Hall–Kier alpha value is -0.680. The lowest BCUT2D eigenvalue weighted by atomic mass is 9.85. The second-order valence-electron chi connectivity index (χ2n) is 3.70. The van der Waals surface area contributed by atoms with E-state index in [1.54, 1.807) is 12.2 Å². The van der Waals surface area contributed by atoms with Crippen LogP contribution < -0.4 is 5.32 Å². The summed E-state index contributed by atoms with van der Waals surface area (Å²) in [6, 6.07) is 0. The summed E-state index contributed by atoms with van der Waals surface area (Å²) < 4.78 is 0. The first kappa shape index (κ1) is 11.4. The number of nitrogens with one attached hydrogen (secondary N) is 1. The maximum atomic E-state index is 9.82. The molecule has 0 radical (unpaired) electrons. The third-order valence-electron chi connectivity index (χ3n) is 2.70. The van der Waals surface area contributed by atoms with Crippen LogP contribution in [0.3, 0.4) is 0 Å². The Bertz CT molecular complexity index is 256. The molecule has 2 atom stereocenters. The zero-order valence-corrected chi connectivity index (χ0v) is 8.44. The van der Waals surface area contributed by atoms with E-state index in [1.807, 2.05) is 12.2 Å². The van der Waals surface area contributed by atoms with Gasteiger partial charge in [-0.25, -0.2) is 0 Å². The normalized spacial score (nSPS) is 26.2. The maximum Gasteiger partial charge on any atom is 0.213 e. The lowest BCUT2D eigenvalue weighted by Crippen LogP contribution is -2.63. The van der Waals surface area contributed by atoms with Gasteiger partial charge in [-0.15, -0.1) is 0 Å². The molecule has 0 aromatic rings. The lowest BCUT2D eigenvalue weighted by molar-refractivity contribution is -0.297. The Morgan fingerprint density at radius 1 is 1.29 bits per heavy atom. The largest absolute Gasteiger partial charge is 0.371 e. The van der Waals surface area contributed by atoms with Crippen molar-refractivity contribution in [3.05, 3.63) is 24.3 Å². The van der Waals surface area contributed by atoms with Crippen LogP contribution in [0.4, 0.5) is 0 Å². The number of likely N-dealkylation sites (N-methyl/N-ethyl adjacent to an activating group) is 1. The van der Waals surface area contributed by atoms with Crippen molar-refractivity contribution in [1.82, 2.24) is 5.32 Å². The van der Waals surface area contributed by atoms with Crippen LogP contribution in [0.15, 0.2) is 24.3 Å². The van der Waals surface area contributed by atoms with Gasteiger partial charge in [0, 0.05) is 5.92 Å². The van der Waals surface area contributed by atoms with Crippen LogP contribution in [0.1, 0.15) is 13.3 Å². The van der Waals surface area contributed by atoms with Crippen molar-refractivity contribution >= 4 is 0 Å². The van der Waals surface area contributed by atoms with Gasteiger partial charge in [0.15, 0.2) is 5.72 Å². The molecule has 0 bridgehead atoms. The summed E-state index contributed by atoms with van der Waals surface area (Å²) in [7, 11) is 1.48. The highest BCUT2D eigenvalue weighted by Gasteiger charge is 2.48. The number of aliphatic hydroxyl groups is 3. The van der Waals surface area contributed by atoms with Crippen molar-refractivity contribution in [1.29, 1.82) is 0 Å². The number of rotatable bonds is 3. The summed E-state index contributed by atoms with van der Waals surface area (Å²) >= 11 is 0. The molecule has 0 aromatic heterocycles. The highest BCUT2D eigenvalue weighted by molar-refractivity contribution is 5.14. The first-order chi connectivity index (χ1) is 6.42. The Balaban J connectivity index is 2.84. The predicted octanol–water partition coefficient (Wildman–Crippen LogP) is -0.273. The summed E-state index contributed by atoms with van der Waals surface area (Å²) in [5, 5.41) is 31.9. The molecule has 0 aromatic carbocycles. The minimum atomic E-state index is -2.18. The molecule has 0 saturated heterocycles. The molecule has 0 aliphatic heterocycles. The quantitative estimate of drug-likeness (QED) is 0.472. The van der Waals surface area contributed by atoms with Crippen LogP contribution in [0.2, 0.25) is 0 Å². The van der Waals surface area contributed by atoms with E-state index in [4.69, 9.17) is 0 Å². The predicted molar refractivity (Wildman–Crippen MR) is 53.2 cm³/mol. The molecule has 1 aliphatic rings. The van der Waals surface area contributed by atoms with Crippen LogP contribution in [0.5, 0.6) is 0 Å². The van der Waals surface area contributed by atoms with Gasteiger partial charge in [-0.2, -0.15) is 0 Å². The van der Waals surface area contributed by atoms with Gasteiger partial charge >= 0.3 is 0 Å². The van der Waals surface area contributed by atoms with Crippen LogP contribution >= 0.6 is 0 Å². The average molecular weight is 199 g/mol. The van der Waals surface area contributed by atoms with Gasteiger partial charge in [-0.1, -0.05) is 24.3 Å². The van der Waals surface area contributed by atoms with E-state index in [9.17, 15) is 15.3 Å². The molecule has 0 fully saturated rings. The van der Waals surface area contributed by atoms with Crippen molar-refractivity contribution in [3.63, 3.8) is 0 Å². The molecule has 1 aliphatic carbocycles. The molecule has 0 spiro atoms. The van der Waals surface area contributed by atoms with E-state index in [0.717, 1.165) is 0 Å². The van der Waals surface area contributed by atoms with Gasteiger partial charge in [0.05, 0.1) is 0 Å². The molecular weight excluding hydrogens is 182 g/mol. The van der Waals surface area contributed by atoms with Crippen molar-refractivity contribution < 1.29 is 15.3 Å². The smallest absolute Gasteiger partial charge is 0.213 e. The van der Waals surface area contributed by atoms with Crippen LogP contribution in [0.25, 0.3) is 0 Å². The van der Waals surface area contributed by atoms with Crippen LogP contribution in [0, 0.1) is 5.92 Å². The fraction of sp³-hybridized carbons (Fsp3) is 0.600. The number of allylic oxidation sites excluding steroid dienone is 3. The van der Waals surface area contributed by atoms with Crippen molar-refractivity contribution in [2.45, 2.75) is 24.9 Å². The molecule has 4 heteroatoms. The van der Waals surface area contributed by atoms with Gasteiger partial charge in [0.2, 0.25) is 5.79 Å². The first-order valence-electron chi connectivity index (χ1n) is 4.61. The van der Waals surface area contributed by atoms with E-state index in [2.05, 4.69) is 5.32 Å². The maximum absolute atomic E-state index is 9.82. The van der Waals surface area contributed by atoms with Crippen molar-refractivity contribution in [2.24, 2.45) is 5.92 Å². The second-order valence-corrected chi connectivity index (χ2v) is 3.70. The molecule has 14 heavy (non-hydrogen) atoms. The number of hydrogen-bond donors (Lipinski definition) is 4. The zero-order valence-electron chi connectivity index (χ0n) is 8.44. The Labute approximate surface area is 83.6 Å². The molecule has 4 N–H and O–H groups in total. The van der Waals surface area contributed by atoms with Gasteiger partial charge in [0.1, 0.15) is 0 Å². The van der Waals surface area contributed by atoms with Crippen LogP contribution in [-0.4, -0.2) is 33.9 Å². The van der Waals surface area contributed by atoms with Crippen molar-refractivity contribution in [2.75, 3.05) is 7.05 Å². The fourth-order valence-corrected chi connectivity index (χ4v) is 1.42. The highest BCUT2D eigenvalue weighted by atomic mass is 16.5. The zero-order chi connectivity index (χ0) is 10.8. The molecule has 0 saturated carbocycles. The Morgan fingerprint density at radius 2 is 1.93 bits per heavy atom. The summed E-state index contributed by atoms with van der Waals surface area (Å²) in [4.78, 5) is 0. The second kappa shape index (κ2) is 3.82. The molecule has 80 valence electrons. The SMILES string of the molecule is CN[C@@](C)(O)C(O)(O)C1C=CC=CC1. The molecule has 0 amide bonds. The van der Waals surface area contributed by atoms with Gasteiger partial charge < -0.3 is 15.3 Å². The molecule has 4 nitrogen and oxygen atoms in total. The van der Waals surface area contributed by atoms with E-state index >= 15 is 0 Å². The van der Waals surface area contributed by atoms with Crippen LogP contribution in [-0.2, 0) is 0 Å². The van der Waals surface area contributed by atoms with Gasteiger partial charge in [-0.3, -0.25) is 5.32 Å². The minimum Gasteiger partial charge on any atom is -0.371 e. The average Bonchev–Trinajstić information content (AvgIpc) is 2.19. The highest BCUT2D eigenvalue weighted by Crippen LogP contribution is 2.30. The topological polar surface area (TPSA) is 72.7 Å². The van der Waals surface area contributed by atoms with Gasteiger partial charge in [0.25, 0.3) is 0 Å². The Kier molecular flexibility index (Phi) is 3.11. The van der Waals surface area contributed by atoms with E-state index in [1.165, 1.54) is 14.0 Å². The third-order valence-corrected chi connectivity index (χ3v) is 2.70. The summed E-state index contributed by atoms with van der Waals surface area (Å²) in [5.41, 5.74) is -1.73. The Morgan fingerprint density at radius 3 is 2.36 bits per heavy atom. The van der Waals surface area contributed by atoms with Gasteiger partial charge in [-0.05, 0) is 20.4 Å². The van der Waals surface area contributed by atoms with E-state index in [0.29, 0.717) is 6.42 Å². The fourth-order valence-electron chi connectivity index (χ4n) is 1.42. The lowest BCUT2D eigenvalue weighted by Gasteiger charge is -2.41. The standard InChI is InChI=1S/C10H17NO3/c1-9(12,11-2)10(13,14)8-6-4-3-5-7-8/h3-6,8,11-14H,7H2,1-2H3/t8?,9-/m0/s1. The minimum absolute atomic E-state index is 0.501. The molecule has 1 unspecified atom stereocenters. The summed E-state index contributed by atoms with van der Waals surface area (Å²) in [6.07, 6.45) is 7.58. The summed E-state index contributed by atoms with van der Waals surface area (Å²) in [6.45, 7) is 1.33. The number of hydrogen-bond acceptors (Lipinski definition) is 4. The third kappa shape index (κ3) is 1.88.